The zero-order valence-electron chi connectivity index (χ0n) is 12.5. The van der Waals surface area contributed by atoms with Gasteiger partial charge in [-0.3, -0.25) is 4.68 Å². The molecule has 0 aliphatic carbocycles. The molecular weight excluding hydrogens is 274 g/mol. The van der Waals surface area contributed by atoms with E-state index in [1.165, 1.54) is 21.3 Å². The monoisotopic (exact) mass is 293 g/mol. The van der Waals surface area contributed by atoms with Crippen LogP contribution < -0.4 is 14.2 Å². The molecule has 1 aromatic heterocycles. The Balaban J connectivity index is 2.30. The van der Waals surface area contributed by atoms with Gasteiger partial charge in [0.15, 0.2) is 11.5 Å². The van der Waals surface area contributed by atoms with Crippen LogP contribution in [0.5, 0.6) is 17.2 Å². The maximum absolute atomic E-state index is 10.4. The molecule has 0 spiro atoms. The van der Waals surface area contributed by atoms with Crippen molar-refractivity contribution in [2.45, 2.75) is 12.5 Å². The summed E-state index contributed by atoms with van der Waals surface area (Å²) in [5.41, 5.74) is 1.37. The molecule has 1 atom stereocenters. The van der Waals surface area contributed by atoms with Gasteiger partial charge in [0.05, 0.1) is 33.1 Å². The van der Waals surface area contributed by atoms with Crippen molar-refractivity contribution in [1.82, 2.24) is 15.0 Å². The van der Waals surface area contributed by atoms with Crippen LogP contribution in [0.15, 0.2) is 18.3 Å². The fourth-order valence-corrected chi connectivity index (χ4v) is 2.10. The Morgan fingerprint density at radius 1 is 1.14 bits per heavy atom. The number of ether oxygens (including phenoxy) is 3. The number of aromatic nitrogens is 3. The molecule has 1 N–H and O–H groups in total. The molecule has 0 bridgehead atoms. The number of hydrogen-bond donors (Lipinski definition) is 1. The van der Waals surface area contributed by atoms with Crippen molar-refractivity contribution < 1.29 is 19.3 Å². The number of rotatable bonds is 6. The lowest BCUT2D eigenvalue weighted by Gasteiger charge is -2.16. The highest BCUT2D eigenvalue weighted by atomic mass is 16.5. The van der Waals surface area contributed by atoms with Crippen molar-refractivity contribution in [2.24, 2.45) is 7.05 Å². The average molecular weight is 293 g/mol. The third kappa shape index (κ3) is 3.25. The normalized spacial score (nSPS) is 12.0. The highest BCUT2D eigenvalue weighted by Crippen LogP contribution is 2.40. The number of benzene rings is 1. The van der Waals surface area contributed by atoms with Crippen molar-refractivity contribution in [3.05, 3.63) is 29.6 Å². The van der Waals surface area contributed by atoms with Crippen molar-refractivity contribution in [3.8, 4) is 17.2 Å². The molecule has 7 nitrogen and oxygen atoms in total. The first kappa shape index (κ1) is 15.1. The quantitative estimate of drug-likeness (QED) is 0.860. The predicted octanol–water partition coefficient (Wildman–Crippen LogP) is 1.12. The summed E-state index contributed by atoms with van der Waals surface area (Å²) < 4.78 is 17.4. The molecule has 0 aliphatic heterocycles. The Labute approximate surface area is 123 Å². The lowest BCUT2D eigenvalue weighted by Crippen LogP contribution is -2.04. The van der Waals surface area contributed by atoms with E-state index in [0.717, 1.165) is 0 Å². The van der Waals surface area contributed by atoms with Crippen LogP contribution in [0.25, 0.3) is 0 Å². The number of methoxy groups -OCH3 is 3. The van der Waals surface area contributed by atoms with Crippen molar-refractivity contribution in [1.29, 1.82) is 0 Å². The predicted molar refractivity (Wildman–Crippen MR) is 75.8 cm³/mol. The molecule has 1 unspecified atom stereocenters. The number of nitrogens with zero attached hydrogens (tertiary/aromatic N) is 3. The zero-order valence-corrected chi connectivity index (χ0v) is 12.5. The lowest BCUT2D eigenvalue weighted by molar-refractivity contribution is 0.176. The average Bonchev–Trinajstić information content (AvgIpc) is 2.90. The topological polar surface area (TPSA) is 78.6 Å². The van der Waals surface area contributed by atoms with Crippen LogP contribution in [0.3, 0.4) is 0 Å². The van der Waals surface area contributed by atoms with Crippen LogP contribution in [-0.4, -0.2) is 41.4 Å². The summed E-state index contributed by atoms with van der Waals surface area (Å²) >= 11 is 0. The largest absolute Gasteiger partial charge is 0.493 e. The molecule has 2 aromatic rings. The first-order chi connectivity index (χ1) is 10.1. The van der Waals surface area contributed by atoms with Gasteiger partial charge in [0.1, 0.15) is 0 Å². The van der Waals surface area contributed by atoms with E-state index in [1.807, 2.05) is 0 Å². The summed E-state index contributed by atoms with van der Waals surface area (Å²) in [4.78, 5) is 0. The Bertz CT molecular complexity index is 587. The third-order valence-corrected chi connectivity index (χ3v) is 3.12. The molecule has 7 heteroatoms. The highest BCUT2D eigenvalue weighted by molar-refractivity contribution is 5.54. The van der Waals surface area contributed by atoms with Crippen LogP contribution in [0, 0.1) is 0 Å². The molecule has 0 radical (unpaired) electrons. The van der Waals surface area contributed by atoms with Crippen molar-refractivity contribution in [2.75, 3.05) is 21.3 Å². The van der Waals surface area contributed by atoms with Gasteiger partial charge < -0.3 is 19.3 Å². The minimum absolute atomic E-state index is 0.354. The maximum atomic E-state index is 10.4. The van der Waals surface area contributed by atoms with E-state index in [9.17, 15) is 5.11 Å². The van der Waals surface area contributed by atoms with Crippen LogP contribution in [-0.2, 0) is 13.5 Å². The van der Waals surface area contributed by atoms with Gasteiger partial charge >= 0.3 is 0 Å². The number of aliphatic hydroxyl groups excluding tert-OH is 1. The van der Waals surface area contributed by atoms with E-state index in [1.54, 1.807) is 30.1 Å². The second kappa shape index (κ2) is 6.45. The Kier molecular flexibility index (Phi) is 4.64. The van der Waals surface area contributed by atoms with Gasteiger partial charge in [0.2, 0.25) is 5.75 Å². The summed E-state index contributed by atoms with van der Waals surface area (Å²) in [6, 6.07) is 3.45. The number of aliphatic hydroxyl groups is 1. The molecule has 0 fully saturated rings. The fourth-order valence-electron chi connectivity index (χ4n) is 2.10. The standard InChI is InChI=1S/C14H19N3O4/c1-17-8-10(15-16-17)7-11(18)9-5-12(19-2)14(21-4)13(6-9)20-3/h5-6,8,11,18H,7H2,1-4H3. The molecule has 0 aliphatic rings. The molecule has 0 saturated heterocycles. The summed E-state index contributed by atoms with van der Waals surface area (Å²) in [7, 11) is 6.39. The molecule has 1 heterocycles. The van der Waals surface area contributed by atoms with Crippen LogP contribution in [0.1, 0.15) is 17.4 Å². The first-order valence-corrected chi connectivity index (χ1v) is 6.42. The molecule has 2 rings (SSSR count). The number of aryl methyl sites for hydroxylation is 1. The lowest BCUT2D eigenvalue weighted by atomic mass is 10.0. The SMILES string of the molecule is COc1cc(C(O)Cc2cn(C)nn2)cc(OC)c1OC. The van der Waals surface area contributed by atoms with Gasteiger partial charge in [-0.25, -0.2) is 0 Å². The van der Waals surface area contributed by atoms with E-state index in [4.69, 9.17) is 14.2 Å². The van der Waals surface area contributed by atoms with Gasteiger partial charge in [-0.2, -0.15) is 0 Å². The second-order valence-corrected chi connectivity index (χ2v) is 4.56. The Morgan fingerprint density at radius 2 is 1.76 bits per heavy atom. The van der Waals surface area contributed by atoms with Gasteiger partial charge in [-0.1, -0.05) is 5.21 Å². The van der Waals surface area contributed by atoms with E-state index in [-0.39, 0.29) is 0 Å². The molecule has 114 valence electrons. The van der Waals surface area contributed by atoms with Gasteiger partial charge in [0, 0.05) is 19.7 Å². The van der Waals surface area contributed by atoms with Crippen molar-refractivity contribution in [3.63, 3.8) is 0 Å². The minimum Gasteiger partial charge on any atom is -0.493 e. The summed E-state index contributed by atoms with van der Waals surface area (Å²) in [5.74, 6) is 1.51. The van der Waals surface area contributed by atoms with Gasteiger partial charge in [-0.05, 0) is 17.7 Å². The van der Waals surface area contributed by atoms with Crippen LogP contribution in [0.4, 0.5) is 0 Å². The van der Waals surface area contributed by atoms with Crippen molar-refractivity contribution >= 4 is 0 Å². The van der Waals surface area contributed by atoms with Crippen LogP contribution >= 0.6 is 0 Å². The van der Waals surface area contributed by atoms with Gasteiger partial charge in [0.25, 0.3) is 0 Å². The summed E-state index contributed by atoms with van der Waals surface area (Å²) in [6.07, 6.45) is 1.38. The van der Waals surface area contributed by atoms with E-state index < -0.39 is 6.10 Å². The third-order valence-electron chi connectivity index (χ3n) is 3.12. The Morgan fingerprint density at radius 3 is 2.19 bits per heavy atom. The first-order valence-electron chi connectivity index (χ1n) is 6.42. The molecule has 0 amide bonds. The van der Waals surface area contributed by atoms with E-state index >= 15 is 0 Å². The molecular formula is C14H19N3O4. The number of hydrogen-bond acceptors (Lipinski definition) is 6. The fraction of sp³-hybridized carbons (Fsp3) is 0.429. The summed E-state index contributed by atoms with van der Waals surface area (Å²) in [6.45, 7) is 0. The van der Waals surface area contributed by atoms with Crippen LogP contribution in [0.2, 0.25) is 0 Å². The smallest absolute Gasteiger partial charge is 0.203 e. The maximum Gasteiger partial charge on any atom is 0.203 e. The molecule has 21 heavy (non-hydrogen) atoms. The minimum atomic E-state index is -0.740. The van der Waals surface area contributed by atoms with E-state index in [2.05, 4.69) is 10.3 Å². The Hall–Kier alpha value is -2.28. The highest BCUT2D eigenvalue weighted by Gasteiger charge is 2.18. The zero-order chi connectivity index (χ0) is 15.4. The second-order valence-electron chi connectivity index (χ2n) is 4.56. The summed E-state index contributed by atoms with van der Waals surface area (Å²) in [5, 5.41) is 18.2. The van der Waals surface area contributed by atoms with Gasteiger partial charge in [-0.15, -0.1) is 5.10 Å². The van der Waals surface area contributed by atoms with E-state index in [0.29, 0.717) is 34.9 Å². The molecule has 1 aromatic carbocycles. The molecule has 0 saturated carbocycles.